The highest BCUT2D eigenvalue weighted by Gasteiger charge is 2.41. The van der Waals surface area contributed by atoms with Gasteiger partial charge >= 0.3 is 0 Å². The lowest BCUT2D eigenvalue weighted by atomic mass is 9.77. The summed E-state index contributed by atoms with van der Waals surface area (Å²) in [5.74, 6) is 0.316. The molecule has 1 N–H and O–H groups in total. The summed E-state index contributed by atoms with van der Waals surface area (Å²) >= 11 is 18.3. The van der Waals surface area contributed by atoms with Crippen LogP contribution in [0.5, 0.6) is 0 Å². The SMILES string of the molecule is O=[N+]([O-])c1cc(Cl)cc2c1NC(c1ccc(Cl)c(Cl)c1)C1CC=CC21. The van der Waals surface area contributed by atoms with E-state index in [9.17, 15) is 10.1 Å². The van der Waals surface area contributed by atoms with Crippen molar-refractivity contribution in [1.29, 1.82) is 0 Å². The van der Waals surface area contributed by atoms with E-state index in [1.54, 1.807) is 6.07 Å². The molecule has 25 heavy (non-hydrogen) atoms. The Morgan fingerprint density at radius 1 is 1.12 bits per heavy atom. The molecule has 0 aromatic heterocycles. The summed E-state index contributed by atoms with van der Waals surface area (Å²) in [6.07, 6.45) is 5.10. The van der Waals surface area contributed by atoms with Crippen LogP contribution in [-0.2, 0) is 0 Å². The number of anilines is 1. The first-order valence-electron chi connectivity index (χ1n) is 7.81. The molecule has 1 aliphatic carbocycles. The van der Waals surface area contributed by atoms with Crippen molar-refractivity contribution in [2.24, 2.45) is 5.92 Å². The molecule has 3 unspecified atom stereocenters. The quantitative estimate of drug-likeness (QED) is 0.364. The molecule has 0 saturated carbocycles. The van der Waals surface area contributed by atoms with Crippen LogP contribution >= 0.6 is 34.8 Å². The summed E-state index contributed by atoms with van der Waals surface area (Å²) in [6.45, 7) is 0. The monoisotopic (exact) mass is 394 g/mol. The van der Waals surface area contributed by atoms with E-state index >= 15 is 0 Å². The van der Waals surface area contributed by atoms with Crippen molar-refractivity contribution in [1.82, 2.24) is 0 Å². The second-order valence-corrected chi connectivity index (χ2v) is 7.55. The van der Waals surface area contributed by atoms with Gasteiger partial charge in [0.2, 0.25) is 0 Å². The topological polar surface area (TPSA) is 55.2 Å². The molecule has 128 valence electrons. The Morgan fingerprint density at radius 2 is 1.92 bits per heavy atom. The summed E-state index contributed by atoms with van der Waals surface area (Å²) in [4.78, 5) is 11.1. The first kappa shape index (κ1) is 16.7. The Labute approximate surface area is 159 Å². The van der Waals surface area contributed by atoms with E-state index in [-0.39, 0.29) is 23.6 Å². The summed E-state index contributed by atoms with van der Waals surface area (Å²) in [7, 11) is 0. The normalized spacial score (nSPS) is 23.7. The van der Waals surface area contributed by atoms with E-state index in [1.807, 2.05) is 18.2 Å². The van der Waals surface area contributed by atoms with Crippen molar-refractivity contribution in [3.05, 3.63) is 78.8 Å². The predicted octanol–water partition coefficient (Wildman–Crippen LogP) is 6.38. The van der Waals surface area contributed by atoms with E-state index in [0.29, 0.717) is 20.8 Å². The minimum atomic E-state index is -0.400. The lowest BCUT2D eigenvalue weighted by molar-refractivity contribution is -0.384. The third-order valence-corrected chi connectivity index (χ3v) is 5.87. The van der Waals surface area contributed by atoms with E-state index in [4.69, 9.17) is 34.8 Å². The molecule has 0 amide bonds. The van der Waals surface area contributed by atoms with Gasteiger partial charge in [-0.3, -0.25) is 10.1 Å². The number of hydrogen-bond acceptors (Lipinski definition) is 3. The summed E-state index contributed by atoms with van der Waals surface area (Å²) in [5.41, 5.74) is 2.35. The van der Waals surface area contributed by atoms with Crippen LogP contribution in [0.15, 0.2) is 42.5 Å². The lowest BCUT2D eigenvalue weighted by Gasteiger charge is -2.37. The average molecular weight is 396 g/mol. The Balaban J connectivity index is 1.86. The third kappa shape index (κ3) is 2.78. The van der Waals surface area contributed by atoms with Gasteiger partial charge in [0.05, 0.1) is 21.0 Å². The molecular formula is C18H13Cl3N2O2. The van der Waals surface area contributed by atoms with Gasteiger partial charge in [0.15, 0.2) is 0 Å². The van der Waals surface area contributed by atoms with Crippen LogP contribution < -0.4 is 5.32 Å². The molecule has 7 heteroatoms. The Hall–Kier alpha value is -1.75. The number of nitro benzene ring substituents is 1. The van der Waals surface area contributed by atoms with E-state index in [2.05, 4.69) is 17.5 Å². The van der Waals surface area contributed by atoms with Crippen LogP contribution in [0.4, 0.5) is 11.4 Å². The molecule has 1 aliphatic heterocycles. The molecule has 0 saturated heterocycles. The second kappa shape index (κ2) is 6.20. The zero-order chi connectivity index (χ0) is 17.7. The zero-order valence-electron chi connectivity index (χ0n) is 12.9. The van der Waals surface area contributed by atoms with Crippen molar-refractivity contribution in [2.75, 3.05) is 5.32 Å². The highest BCUT2D eigenvalue weighted by Crippen LogP contribution is 2.53. The average Bonchev–Trinajstić information content (AvgIpc) is 3.06. The van der Waals surface area contributed by atoms with E-state index in [1.165, 1.54) is 6.07 Å². The van der Waals surface area contributed by atoms with Gasteiger partial charge in [-0.15, -0.1) is 0 Å². The van der Waals surface area contributed by atoms with Gasteiger partial charge in [0.25, 0.3) is 5.69 Å². The molecule has 1 heterocycles. The van der Waals surface area contributed by atoms with Gasteiger partial charge in [0.1, 0.15) is 5.69 Å². The highest BCUT2D eigenvalue weighted by atomic mass is 35.5. The second-order valence-electron chi connectivity index (χ2n) is 6.30. The van der Waals surface area contributed by atoms with Crippen molar-refractivity contribution in [3.63, 3.8) is 0 Å². The summed E-state index contributed by atoms with van der Waals surface area (Å²) < 4.78 is 0. The number of nitrogens with one attached hydrogen (secondary N) is 1. The Bertz CT molecular complexity index is 913. The number of benzene rings is 2. The van der Waals surface area contributed by atoms with E-state index < -0.39 is 4.92 Å². The highest BCUT2D eigenvalue weighted by molar-refractivity contribution is 6.42. The van der Waals surface area contributed by atoms with Gasteiger partial charge in [-0.2, -0.15) is 0 Å². The minimum absolute atomic E-state index is 0.00805. The zero-order valence-corrected chi connectivity index (χ0v) is 15.1. The first-order valence-corrected chi connectivity index (χ1v) is 8.95. The Morgan fingerprint density at radius 3 is 2.64 bits per heavy atom. The van der Waals surface area contributed by atoms with Crippen molar-refractivity contribution in [3.8, 4) is 0 Å². The van der Waals surface area contributed by atoms with Crippen LogP contribution in [0.1, 0.15) is 29.5 Å². The number of nitro groups is 1. The number of halogens is 3. The standard InChI is InChI=1S/C18H13Cl3N2O2/c19-10-7-13-11-2-1-3-12(11)17(9-4-5-14(20)15(21)6-9)22-18(13)16(8-10)23(24)25/h1-2,4-8,11-12,17,22H,3H2. The van der Waals surface area contributed by atoms with Gasteiger partial charge in [-0.25, -0.2) is 0 Å². The molecule has 2 aliphatic rings. The molecule has 0 fully saturated rings. The maximum absolute atomic E-state index is 11.5. The number of rotatable bonds is 2. The largest absolute Gasteiger partial charge is 0.372 e. The summed E-state index contributed by atoms with van der Waals surface area (Å²) in [5, 5.41) is 16.2. The van der Waals surface area contributed by atoms with Gasteiger partial charge in [-0.1, -0.05) is 53.0 Å². The van der Waals surface area contributed by atoms with E-state index in [0.717, 1.165) is 17.5 Å². The van der Waals surface area contributed by atoms with Crippen molar-refractivity contribution < 1.29 is 4.92 Å². The van der Waals surface area contributed by atoms with Gasteiger partial charge < -0.3 is 5.32 Å². The number of hydrogen-bond donors (Lipinski definition) is 1. The summed E-state index contributed by atoms with van der Waals surface area (Å²) in [6, 6.07) is 8.59. The first-order chi connectivity index (χ1) is 12.0. The van der Waals surface area contributed by atoms with Crippen LogP contribution in [0.2, 0.25) is 15.1 Å². The van der Waals surface area contributed by atoms with Crippen LogP contribution in [0.3, 0.4) is 0 Å². The third-order valence-electron chi connectivity index (χ3n) is 4.91. The number of nitrogens with zero attached hydrogens (tertiary/aromatic N) is 1. The van der Waals surface area contributed by atoms with Crippen molar-refractivity contribution in [2.45, 2.75) is 18.4 Å². The van der Waals surface area contributed by atoms with Crippen LogP contribution in [0, 0.1) is 16.0 Å². The van der Waals surface area contributed by atoms with Gasteiger partial charge in [-0.05, 0) is 41.7 Å². The minimum Gasteiger partial charge on any atom is -0.372 e. The molecule has 4 rings (SSSR count). The molecule has 0 bridgehead atoms. The fourth-order valence-electron chi connectivity index (χ4n) is 3.83. The molecule has 3 atom stereocenters. The van der Waals surface area contributed by atoms with Crippen LogP contribution in [-0.4, -0.2) is 4.92 Å². The molecule has 4 nitrogen and oxygen atoms in total. The molecular weight excluding hydrogens is 383 g/mol. The fraction of sp³-hybridized carbons (Fsp3) is 0.222. The maximum atomic E-state index is 11.5. The molecule has 2 aromatic rings. The maximum Gasteiger partial charge on any atom is 0.294 e. The smallest absolute Gasteiger partial charge is 0.294 e. The fourth-order valence-corrected chi connectivity index (χ4v) is 4.35. The van der Waals surface area contributed by atoms with Gasteiger partial charge in [0, 0.05) is 17.0 Å². The molecule has 2 aromatic carbocycles. The number of fused-ring (bicyclic) bond motifs is 3. The molecule has 0 radical (unpaired) electrons. The van der Waals surface area contributed by atoms with Crippen LogP contribution in [0.25, 0.3) is 0 Å². The lowest BCUT2D eigenvalue weighted by Crippen LogP contribution is -2.29. The number of allylic oxidation sites excluding steroid dienone is 2. The molecule has 0 spiro atoms. The predicted molar refractivity (Wildman–Crippen MR) is 101 cm³/mol. The van der Waals surface area contributed by atoms with Crippen molar-refractivity contribution >= 4 is 46.2 Å². The Kier molecular flexibility index (Phi) is 4.14.